The molecule has 0 saturated heterocycles. The second-order valence-corrected chi connectivity index (χ2v) is 18.8. The summed E-state index contributed by atoms with van der Waals surface area (Å²) in [7, 11) is -4.40. The molecule has 0 rings (SSSR count). The number of rotatable bonds is 49. The zero-order chi connectivity index (χ0) is 51.0. The number of carbonyl (C=O) groups is 2. The van der Waals surface area contributed by atoms with Gasteiger partial charge in [0.05, 0.1) is 13.2 Å². The number of ether oxygens (including phenoxy) is 2. The molecule has 2 unspecified atom stereocenters. The van der Waals surface area contributed by atoms with Crippen LogP contribution >= 0.6 is 7.82 Å². The van der Waals surface area contributed by atoms with Crippen LogP contribution in [-0.4, -0.2) is 49.3 Å². The van der Waals surface area contributed by atoms with Crippen LogP contribution in [0.25, 0.3) is 0 Å². The highest BCUT2D eigenvalue weighted by molar-refractivity contribution is 7.47. The minimum absolute atomic E-state index is 0.0417. The Morgan fingerprint density at radius 2 is 0.786 bits per heavy atom. The second kappa shape index (κ2) is 54.5. The molecule has 0 aromatic carbocycles. The normalized spacial score (nSPS) is 14.2. The fourth-order valence-corrected chi connectivity index (χ4v) is 7.58. The molecule has 9 nitrogen and oxygen atoms in total. The highest BCUT2D eigenvalue weighted by Gasteiger charge is 2.26. The van der Waals surface area contributed by atoms with Gasteiger partial charge in [0.1, 0.15) is 6.61 Å². The van der Waals surface area contributed by atoms with Crippen molar-refractivity contribution < 1.29 is 37.6 Å². The molecule has 0 bridgehead atoms. The van der Waals surface area contributed by atoms with E-state index in [0.29, 0.717) is 6.42 Å². The van der Waals surface area contributed by atoms with Crippen molar-refractivity contribution in [2.24, 2.45) is 5.73 Å². The average Bonchev–Trinajstić information content (AvgIpc) is 3.35. The molecule has 0 aliphatic heterocycles. The molecule has 0 radical (unpaired) electrons. The number of carbonyl (C=O) groups excluding carboxylic acids is 2. The van der Waals surface area contributed by atoms with Crippen molar-refractivity contribution in [3.63, 3.8) is 0 Å². The molecule has 70 heavy (non-hydrogen) atoms. The van der Waals surface area contributed by atoms with Crippen LogP contribution in [0.1, 0.15) is 200 Å². The van der Waals surface area contributed by atoms with Gasteiger partial charge in [0, 0.05) is 19.4 Å². The minimum atomic E-state index is -4.40. The summed E-state index contributed by atoms with van der Waals surface area (Å²) in [5, 5.41) is 0. The Labute approximate surface area is 427 Å². The number of hydrogen-bond donors (Lipinski definition) is 2. The van der Waals surface area contributed by atoms with E-state index in [1.807, 2.05) is 0 Å². The topological polar surface area (TPSA) is 134 Å². The largest absolute Gasteiger partial charge is 0.472 e. The fourth-order valence-electron chi connectivity index (χ4n) is 6.82. The Hall–Kier alpha value is -3.85. The third-order valence-electron chi connectivity index (χ3n) is 10.8. The highest BCUT2D eigenvalue weighted by Crippen LogP contribution is 2.43. The molecular weight excluding hydrogens is 894 g/mol. The first-order valence-electron chi connectivity index (χ1n) is 27.2. The van der Waals surface area contributed by atoms with E-state index in [0.717, 1.165) is 109 Å². The molecule has 0 amide bonds. The Balaban J connectivity index is 4.09. The van der Waals surface area contributed by atoms with E-state index < -0.39 is 32.5 Å². The first-order chi connectivity index (χ1) is 34.3. The number of nitrogens with two attached hydrogens (primary N) is 1. The maximum Gasteiger partial charge on any atom is 0.472 e. The number of allylic oxidation sites excluding steroid dienone is 22. The van der Waals surface area contributed by atoms with Crippen molar-refractivity contribution in [1.29, 1.82) is 0 Å². The average molecular weight is 992 g/mol. The first-order valence-corrected chi connectivity index (χ1v) is 28.7. The lowest BCUT2D eigenvalue weighted by atomic mass is 10.0. The lowest BCUT2D eigenvalue weighted by molar-refractivity contribution is -0.161. The number of unbranched alkanes of at least 4 members (excludes halogenated alkanes) is 14. The van der Waals surface area contributed by atoms with Gasteiger partial charge in [-0.05, 0) is 96.3 Å². The highest BCUT2D eigenvalue weighted by atomic mass is 31.2. The van der Waals surface area contributed by atoms with Crippen LogP contribution in [0.2, 0.25) is 0 Å². The summed E-state index contributed by atoms with van der Waals surface area (Å²) in [5.41, 5.74) is 5.36. The van der Waals surface area contributed by atoms with Crippen LogP contribution in [0.3, 0.4) is 0 Å². The summed E-state index contributed by atoms with van der Waals surface area (Å²) in [5.74, 6) is -0.875. The van der Waals surface area contributed by atoms with E-state index in [1.54, 1.807) is 0 Å². The van der Waals surface area contributed by atoms with E-state index in [4.69, 9.17) is 24.3 Å². The van der Waals surface area contributed by atoms with Crippen molar-refractivity contribution >= 4 is 19.8 Å². The smallest absolute Gasteiger partial charge is 0.462 e. The van der Waals surface area contributed by atoms with Crippen molar-refractivity contribution in [2.75, 3.05) is 26.4 Å². The zero-order valence-corrected chi connectivity index (χ0v) is 44.8. The van der Waals surface area contributed by atoms with Crippen LogP contribution in [0.15, 0.2) is 134 Å². The van der Waals surface area contributed by atoms with Gasteiger partial charge in [0.2, 0.25) is 0 Å². The first kappa shape index (κ1) is 66.2. The summed E-state index contributed by atoms with van der Waals surface area (Å²) in [6, 6.07) is 0. The zero-order valence-electron chi connectivity index (χ0n) is 43.9. The molecule has 2 atom stereocenters. The summed E-state index contributed by atoms with van der Waals surface area (Å²) in [4.78, 5) is 35.0. The molecular formula is C60H98NO8P. The third kappa shape index (κ3) is 53.5. The monoisotopic (exact) mass is 992 g/mol. The Morgan fingerprint density at radius 1 is 0.443 bits per heavy atom. The van der Waals surface area contributed by atoms with E-state index >= 15 is 0 Å². The molecule has 0 saturated carbocycles. The number of phosphoric acid groups is 1. The summed E-state index contributed by atoms with van der Waals surface area (Å²) in [6.45, 7) is 3.56. The summed E-state index contributed by atoms with van der Waals surface area (Å²) >= 11 is 0. The van der Waals surface area contributed by atoms with Crippen LogP contribution < -0.4 is 5.73 Å². The predicted molar refractivity (Wildman–Crippen MR) is 297 cm³/mol. The van der Waals surface area contributed by atoms with Gasteiger partial charge in [-0.1, -0.05) is 225 Å². The SMILES string of the molecule is CC/C=C\C/C=C\C/C=C\C/C=C\C/C=C\C/C=C\C/C=C\C/C=C\C/C=C\C/C=C\C/C=C\CCCCCC(=O)OC(COC(=O)CCCCCCCCCCCCCC)COP(=O)(O)OCCN. The Bertz CT molecular complexity index is 1600. The van der Waals surface area contributed by atoms with Crippen LogP contribution in [0, 0.1) is 0 Å². The molecule has 396 valence electrons. The molecule has 0 spiro atoms. The van der Waals surface area contributed by atoms with Gasteiger partial charge in [-0.15, -0.1) is 0 Å². The second-order valence-electron chi connectivity index (χ2n) is 17.4. The molecule has 0 heterocycles. The van der Waals surface area contributed by atoms with E-state index in [9.17, 15) is 19.0 Å². The Morgan fingerprint density at radius 3 is 1.17 bits per heavy atom. The maximum atomic E-state index is 12.6. The molecule has 0 aliphatic rings. The molecule has 10 heteroatoms. The van der Waals surface area contributed by atoms with Crippen molar-refractivity contribution in [3.05, 3.63) is 134 Å². The van der Waals surface area contributed by atoms with E-state index in [-0.39, 0.29) is 32.6 Å². The van der Waals surface area contributed by atoms with Crippen molar-refractivity contribution in [1.82, 2.24) is 0 Å². The van der Waals surface area contributed by atoms with Gasteiger partial charge < -0.3 is 20.1 Å². The molecule has 3 N–H and O–H groups in total. The van der Waals surface area contributed by atoms with Gasteiger partial charge in [-0.2, -0.15) is 0 Å². The summed E-state index contributed by atoms with van der Waals surface area (Å²) < 4.78 is 32.8. The minimum Gasteiger partial charge on any atom is -0.462 e. The standard InChI is InChI=1S/C60H98NO8P/c1-3-5-7-9-11-13-15-17-18-19-20-21-22-23-24-25-26-27-28-29-30-31-32-33-34-35-36-37-38-39-40-41-43-45-47-49-51-53-60(63)69-58(57-68-70(64,65)67-55-54-61)56-66-59(62)52-50-48-46-44-42-16-14-12-10-8-6-4-2/h5,7,11,13,17-18,20-21,23-24,26-27,29-30,32-33,35-36,38-39,41,43,58H,3-4,6,8-10,12,14-16,19,22,25,28,31,34,37,40,42,44-57,61H2,1-2H3,(H,64,65)/b7-5-,13-11-,18-17-,21-20-,24-23-,27-26-,30-29-,33-32-,36-35-,39-38-,43-41-. The van der Waals surface area contributed by atoms with Gasteiger partial charge in [0.25, 0.3) is 0 Å². The fraction of sp³-hybridized carbons (Fsp3) is 0.600. The molecule has 0 aliphatic carbocycles. The van der Waals surface area contributed by atoms with Gasteiger partial charge in [0.15, 0.2) is 6.10 Å². The van der Waals surface area contributed by atoms with Crippen molar-refractivity contribution in [2.45, 2.75) is 206 Å². The summed E-state index contributed by atoms with van der Waals surface area (Å²) in [6.07, 6.45) is 76.5. The third-order valence-corrected chi connectivity index (χ3v) is 11.8. The number of hydrogen-bond acceptors (Lipinski definition) is 8. The van der Waals surface area contributed by atoms with Gasteiger partial charge in [-0.3, -0.25) is 18.6 Å². The predicted octanol–water partition coefficient (Wildman–Crippen LogP) is 17.0. The molecule has 0 fully saturated rings. The maximum absolute atomic E-state index is 12.6. The Kier molecular flexibility index (Phi) is 51.5. The lowest BCUT2D eigenvalue weighted by Crippen LogP contribution is -2.29. The number of phosphoric ester groups is 1. The van der Waals surface area contributed by atoms with Gasteiger partial charge in [-0.25, -0.2) is 4.57 Å². The van der Waals surface area contributed by atoms with E-state index in [2.05, 4.69) is 148 Å². The van der Waals surface area contributed by atoms with Crippen LogP contribution in [0.5, 0.6) is 0 Å². The number of esters is 2. The van der Waals surface area contributed by atoms with Crippen LogP contribution in [0.4, 0.5) is 0 Å². The van der Waals surface area contributed by atoms with Crippen molar-refractivity contribution in [3.8, 4) is 0 Å². The van der Waals surface area contributed by atoms with Gasteiger partial charge >= 0.3 is 19.8 Å². The molecule has 0 aromatic rings. The van der Waals surface area contributed by atoms with Crippen LogP contribution in [-0.2, 0) is 32.7 Å². The molecule has 0 aromatic heterocycles. The quantitative estimate of drug-likeness (QED) is 0.0264. The van der Waals surface area contributed by atoms with E-state index in [1.165, 1.54) is 57.8 Å². The lowest BCUT2D eigenvalue weighted by Gasteiger charge is -2.19.